The molecule has 0 amide bonds. The van der Waals surface area contributed by atoms with Crippen LogP contribution in [-0.4, -0.2) is 15.9 Å². The molecule has 0 saturated carbocycles. The average Bonchev–Trinajstić information content (AvgIpc) is 3.22. The quantitative estimate of drug-likeness (QED) is 0.523. The lowest BCUT2D eigenvalue weighted by Gasteiger charge is -2.06. The summed E-state index contributed by atoms with van der Waals surface area (Å²) in [7, 11) is 0. The highest BCUT2D eigenvalue weighted by Crippen LogP contribution is 2.19. The van der Waals surface area contributed by atoms with Crippen molar-refractivity contribution in [3.63, 3.8) is 0 Å². The minimum atomic E-state index is -0.244. The predicted octanol–water partition coefficient (Wildman–Crippen LogP) is 4.20. The van der Waals surface area contributed by atoms with Crippen LogP contribution in [0.4, 0.5) is 0 Å². The Morgan fingerprint density at radius 1 is 0.962 bits per heavy atom. The van der Waals surface area contributed by atoms with Crippen LogP contribution in [0.3, 0.4) is 0 Å². The van der Waals surface area contributed by atoms with Gasteiger partial charge < -0.3 is 4.42 Å². The first-order chi connectivity index (χ1) is 12.8. The molecule has 0 fully saturated rings. The molecule has 5 nitrogen and oxygen atoms in total. The number of allylic oxidation sites excluding steroid dienone is 1. The van der Waals surface area contributed by atoms with Gasteiger partial charge in [-0.05, 0) is 35.9 Å². The first-order valence-electron chi connectivity index (χ1n) is 8.15. The van der Waals surface area contributed by atoms with Crippen LogP contribution in [0.1, 0.15) is 5.56 Å². The van der Waals surface area contributed by atoms with Gasteiger partial charge in [0.25, 0.3) is 5.56 Å². The summed E-state index contributed by atoms with van der Waals surface area (Å²) in [6, 6.07) is 20.6. The predicted molar refractivity (Wildman–Crippen MR) is 103 cm³/mol. The number of nitrogens with zero attached hydrogens (tertiary/aromatic N) is 3. The Morgan fingerprint density at radius 2 is 1.77 bits per heavy atom. The third kappa shape index (κ3) is 3.10. The molecule has 2 aromatic heterocycles. The monoisotopic (exact) mass is 341 g/mol. The molecule has 4 aromatic rings. The third-order valence-electron chi connectivity index (χ3n) is 3.85. The molecule has 0 aliphatic rings. The van der Waals surface area contributed by atoms with Crippen LogP contribution in [0.15, 0.2) is 93.4 Å². The van der Waals surface area contributed by atoms with Crippen LogP contribution in [-0.2, 0) is 0 Å². The van der Waals surface area contributed by atoms with Gasteiger partial charge in [0.2, 0.25) is 5.82 Å². The molecule has 2 aromatic carbocycles. The number of furan rings is 1. The zero-order valence-electron chi connectivity index (χ0n) is 13.8. The number of fused-ring (bicyclic) bond motifs is 1. The number of rotatable bonds is 4. The summed E-state index contributed by atoms with van der Waals surface area (Å²) >= 11 is 0. The molecule has 0 saturated heterocycles. The van der Waals surface area contributed by atoms with E-state index in [1.54, 1.807) is 48.9 Å². The highest BCUT2D eigenvalue weighted by molar-refractivity contribution is 5.81. The highest BCUT2D eigenvalue weighted by atomic mass is 16.3. The lowest BCUT2D eigenvalue weighted by atomic mass is 10.2. The molecule has 0 aliphatic heterocycles. The molecule has 0 unspecified atom stereocenters. The smallest absolute Gasteiger partial charge is 0.282 e. The van der Waals surface area contributed by atoms with Gasteiger partial charge in [-0.25, -0.2) is 4.98 Å². The van der Waals surface area contributed by atoms with Gasteiger partial charge in [-0.3, -0.25) is 4.79 Å². The maximum atomic E-state index is 12.9. The Balaban J connectivity index is 1.79. The van der Waals surface area contributed by atoms with Gasteiger partial charge in [0.15, 0.2) is 5.76 Å². The van der Waals surface area contributed by atoms with E-state index in [1.165, 1.54) is 4.68 Å². The van der Waals surface area contributed by atoms with Crippen LogP contribution in [0, 0.1) is 0 Å². The van der Waals surface area contributed by atoms with Crippen molar-refractivity contribution in [2.75, 3.05) is 0 Å². The van der Waals surface area contributed by atoms with Crippen LogP contribution >= 0.6 is 0 Å². The van der Waals surface area contributed by atoms with Crippen LogP contribution < -0.4 is 5.56 Å². The molecule has 0 atom stereocenters. The molecule has 0 bridgehead atoms. The third-order valence-corrected chi connectivity index (χ3v) is 3.85. The SMILES string of the molecule is O=c1c2ccccc2nc(-c2ccco2)n1/N=C/C=C/c1ccccc1. The second-order valence-electron chi connectivity index (χ2n) is 5.58. The van der Waals surface area contributed by atoms with E-state index in [-0.39, 0.29) is 5.56 Å². The van der Waals surface area contributed by atoms with Crippen molar-refractivity contribution in [3.8, 4) is 11.6 Å². The van der Waals surface area contributed by atoms with Gasteiger partial charge in [0, 0.05) is 6.21 Å². The first-order valence-corrected chi connectivity index (χ1v) is 8.15. The standard InChI is InChI=1S/C21H15N3O2/c25-21-17-11-4-5-12-18(17)23-20(19-13-7-15-26-19)24(21)22-14-6-10-16-8-2-1-3-9-16/h1-15H/b10-6+,22-14+. The molecule has 4 rings (SSSR count). The Hall–Kier alpha value is -3.73. The second-order valence-corrected chi connectivity index (χ2v) is 5.58. The number of hydrogen-bond donors (Lipinski definition) is 0. The number of benzene rings is 2. The van der Waals surface area contributed by atoms with E-state index in [0.29, 0.717) is 22.5 Å². The summed E-state index contributed by atoms with van der Waals surface area (Å²) in [5.74, 6) is 0.847. The van der Waals surface area contributed by atoms with Crippen LogP contribution in [0.2, 0.25) is 0 Å². The summed E-state index contributed by atoms with van der Waals surface area (Å²) < 4.78 is 6.69. The van der Waals surface area contributed by atoms with Gasteiger partial charge in [-0.15, -0.1) is 0 Å². The molecule has 0 N–H and O–H groups in total. The Morgan fingerprint density at radius 3 is 2.58 bits per heavy atom. The van der Waals surface area contributed by atoms with Gasteiger partial charge in [0.05, 0.1) is 17.2 Å². The summed E-state index contributed by atoms with van der Waals surface area (Å²) in [5.41, 5.74) is 1.41. The van der Waals surface area contributed by atoms with Crippen molar-refractivity contribution in [1.29, 1.82) is 0 Å². The Labute approximate surface area is 149 Å². The van der Waals surface area contributed by atoms with E-state index in [4.69, 9.17) is 4.42 Å². The molecular formula is C21H15N3O2. The lowest BCUT2D eigenvalue weighted by Crippen LogP contribution is -2.20. The second kappa shape index (κ2) is 7.03. The summed E-state index contributed by atoms with van der Waals surface area (Å²) in [4.78, 5) is 17.4. The molecule has 0 aliphatic carbocycles. The zero-order valence-corrected chi connectivity index (χ0v) is 13.8. The molecule has 26 heavy (non-hydrogen) atoms. The first kappa shape index (κ1) is 15.8. The van der Waals surface area contributed by atoms with E-state index < -0.39 is 0 Å². The van der Waals surface area contributed by atoms with Crippen molar-refractivity contribution in [2.45, 2.75) is 0 Å². The molecule has 126 valence electrons. The molecule has 2 heterocycles. The molecule has 0 radical (unpaired) electrons. The van der Waals surface area contributed by atoms with Gasteiger partial charge in [0.1, 0.15) is 0 Å². The summed E-state index contributed by atoms with van der Waals surface area (Å²) in [6.07, 6.45) is 6.80. The lowest BCUT2D eigenvalue weighted by molar-refractivity contribution is 0.571. The maximum Gasteiger partial charge on any atom is 0.282 e. The minimum Gasteiger partial charge on any atom is -0.461 e. The van der Waals surface area contributed by atoms with Gasteiger partial charge >= 0.3 is 0 Å². The minimum absolute atomic E-state index is 0.244. The van der Waals surface area contributed by atoms with E-state index in [2.05, 4.69) is 10.1 Å². The van der Waals surface area contributed by atoms with E-state index >= 15 is 0 Å². The fraction of sp³-hybridized carbons (Fsp3) is 0. The molecule has 5 heteroatoms. The average molecular weight is 341 g/mol. The fourth-order valence-electron chi connectivity index (χ4n) is 2.62. The van der Waals surface area contributed by atoms with Crippen molar-refractivity contribution < 1.29 is 4.42 Å². The number of aromatic nitrogens is 2. The van der Waals surface area contributed by atoms with Crippen molar-refractivity contribution in [2.24, 2.45) is 5.10 Å². The highest BCUT2D eigenvalue weighted by Gasteiger charge is 2.13. The van der Waals surface area contributed by atoms with Gasteiger partial charge in [-0.2, -0.15) is 9.78 Å². The topological polar surface area (TPSA) is 60.4 Å². The molecule has 0 spiro atoms. The van der Waals surface area contributed by atoms with Crippen molar-refractivity contribution in [1.82, 2.24) is 9.66 Å². The van der Waals surface area contributed by atoms with E-state index in [0.717, 1.165) is 5.56 Å². The van der Waals surface area contributed by atoms with Crippen LogP contribution in [0.5, 0.6) is 0 Å². The normalized spacial score (nSPS) is 11.7. The van der Waals surface area contributed by atoms with Crippen LogP contribution in [0.25, 0.3) is 28.6 Å². The van der Waals surface area contributed by atoms with Crippen molar-refractivity contribution >= 4 is 23.2 Å². The van der Waals surface area contributed by atoms with Gasteiger partial charge in [-0.1, -0.05) is 48.5 Å². The summed E-state index contributed by atoms with van der Waals surface area (Å²) in [6.45, 7) is 0. The number of hydrogen-bond acceptors (Lipinski definition) is 4. The van der Waals surface area contributed by atoms with E-state index in [9.17, 15) is 4.79 Å². The molecular weight excluding hydrogens is 326 g/mol. The zero-order chi connectivity index (χ0) is 17.8. The Kier molecular flexibility index (Phi) is 4.26. The van der Waals surface area contributed by atoms with E-state index in [1.807, 2.05) is 42.5 Å². The number of para-hydroxylation sites is 1. The summed E-state index contributed by atoms with van der Waals surface area (Å²) in [5, 5.41) is 4.80. The van der Waals surface area contributed by atoms with Crippen molar-refractivity contribution in [3.05, 3.63) is 95.0 Å². The fourth-order valence-corrected chi connectivity index (χ4v) is 2.62. The Bertz CT molecular complexity index is 1140. The maximum absolute atomic E-state index is 12.9. The largest absolute Gasteiger partial charge is 0.461 e.